The topological polar surface area (TPSA) is 42.1 Å². The maximum absolute atomic E-state index is 11.9. The molecule has 1 aromatic heterocycles. The third kappa shape index (κ3) is 2.60. The summed E-state index contributed by atoms with van der Waals surface area (Å²) in [4.78, 5) is 15.2. The highest BCUT2D eigenvalue weighted by Gasteiger charge is 2.16. The van der Waals surface area contributed by atoms with Crippen molar-refractivity contribution in [3.8, 4) is 28.1 Å². The van der Waals surface area contributed by atoms with E-state index in [2.05, 4.69) is 29.2 Å². The van der Waals surface area contributed by atoms with Gasteiger partial charge in [-0.05, 0) is 35.4 Å². The summed E-state index contributed by atoms with van der Waals surface area (Å²) < 4.78 is 5.45. The lowest BCUT2D eigenvalue weighted by Gasteiger charge is -2.07. The molecule has 0 radical (unpaired) electrons. The molecule has 4 rings (SSSR count). The summed E-state index contributed by atoms with van der Waals surface area (Å²) in [6, 6.07) is 24.0. The number of para-hydroxylation sites is 1. The van der Waals surface area contributed by atoms with Crippen molar-refractivity contribution in [1.82, 2.24) is 4.98 Å². The molecule has 0 aliphatic carbocycles. The van der Waals surface area contributed by atoms with E-state index >= 15 is 0 Å². The molecule has 0 saturated heterocycles. The molecule has 0 aliphatic rings. The summed E-state index contributed by atoms with van der Waals surface area (Å²) >= 11 is 0. The number of nitrogens with one attached hydrogen (secondary N) is 1. The lowest BCUT2D eigenvalue weighted by atomic mass is 10.0. The molecule has 3 aromatic carbocycles. The van der Waals surface area contributed by atoms with Gasteiger partial charge in [0, 0.05) is 22.0 Å². The summed E-state index contributed by atoms with van der Waals surface area (Å²) in [6.07, 6.45) is 0.912. The van der Waals surface area contributed by atoms with Crippen LogP contribution in [-0.4, -0.2) is 18.4 Å². The quantitative estimate of drug-likeness (QED) is 0.515. The fourth-order valence-electron chi connectivity index (χ4n) is 3.21. The molecule has 1 heterocycles. The van der Waals surface area contributed by atoms with E-state index in [0.29, 0.717) is 5.56 Å². The summed E-state index contributed by atoms with van der Waals surface area (Å²) in [7, 11) is 1.63. The molecule has 0 unspecified atom stereocenters. The van der Waals surface area contributed by atoms with Crippen molar-refractivity contribution >= 4 is 17.2 Å². The minimum atomic E-state index is 0.650. The minimum Gasteiger partial charge on any atom is -0.496 e. The predicted molar refractivity (Wildman–Crippen MR) is 101 cm³/mol. The van der Waals surface area contributed by atoms with Crippen molar-refractivity contribution in [2.24, 2.45) is 0 Å². The Morgan fingerprint density at radius 1 is 0.880 bits per heavy atom. The highest BCUT2D eigenvalue weighted by Crippen LogP contribution is 2.36. The Morgan fingerprint density at radius 2 is 1.64 bits per heavy atom. The molecule has 3 nitrogen and oxygen atoms in total. The Bertz CT molecular complexity index is 1050. The van der Waals surface area contributed by atoms with Crippen LogP contribution in [0.15, 0.2) is 72.8 Å². The Hall–Kier alpha value is -3.33. The van der Waals surface area contributed by atoms with Crippen molar-refractivity contribution in [3.05, 3.63) is 78.4 Å². The molecular weight excluding hydrogens is 310 g/mol. The van der Waals surface area contributed by atoms with Crippen LogP contribution in [0.1, 0.15) is 10.4 Å². The van der Waals surface area contributed by atoms with Gasteiger partial charge in [-0.25, -0.2) is 0 Å². The van der Waals surface area contributed by atoms with Gasteiger partial charge in [-0.3, -0.25) is 4.79 Å². The molecule has 3 heteroatoms. The fourth-order valence-corrected chi connectivity index (χ4v) is 3.21. The van der Waals surface area contributed by atoms with Crippen LogP contribution in [0.25, 0.3) is 33.3 Å². The molecule has 0 atom stereocenters. The summed E-state index contributed by atoms with van der Waals surface area (Å²) in [5.41, 5.74) is 5.46. The van der Waals surface area contributed by atoms with Crippen molar-refractivity contribution < 1.29 is 9.53 Å². The van der Waals surface area contributed by atoms with E-state index in [0.717, 1.165) is 45.3 Å². The largest absolute Gasteiger partial charge is 0.496 e. The molecular formula is C22H17NO2. The number of methoxy groups -OCH3 is 1. The SMILES string of the molecule is COc1ccccc1-c1[nH]c2ccc(-c3ccccc3)cc2c1C=O. The van der Waals surface area contributed by atoms with Crippen LogP contribution < -0.4 is 4.74 Å². The van der Waals surface area contributed by atoms with Crippen LogP contribution in [0.5, 0.6) is 5.75 Å². The van der Waals surface area contributed by atoms with Gasteiger partial charge >= 0.3 is 0 Å². The molecule has 4 aromatic rings. The number of ether oxygens (including phenoxy) is 1. The van der Waals surface area contributed by atoms with Gasteiger partial charge < -0.3 is 9.72 Å². The number of carbonyl (C=O) groups is 1. The second kappa shape index (κ2) is 6.29. The number of aromatic amines is 1. The van der Waals surface area contributed by atoms with Crippen LogP contribution >= 0.6 is 0 Å². The number of aromatic nitrogens is 1. The maximum atomic E-state index is 11.9. The normalized spacial score (nSPS) is 10.8. The van der Waals surface area contributed by atoms with Gasteiger partial charge in [0.2, 0.25) is 0 Å². The molecule has 0 aliphatic heterocycles. The van der Waals surface area contributed by atoms with Crippen molar-refractivity contribution in [2.45, 2.75) is 0 Å². The zero-order valence-corrected chi connectivity index (χ0v) is 13.8. The highest BCUT2D eigenvalue weighted by atomic mass is 16.5. The van der Waals surface area contributed by atoms with E-state index in [1.807, 2.05) is 48.5 Å². The van der Waals surface area contributed by atoms with Gasteiger partial charge in [-0.2, -0.15) is 0 Å². The second-order valence-electron chi connectivity index (χ2n) is 5.86. The number of fused-ring (bicyclic) bond motifs is 1. The summed E-state index contributed by atoms with van der Waals surface area (Å²) in [5.74, 6) is 0.737. The van der Waals surface area contributed by atoms with E-state index in [9.17, 15) is 4.79 Å². The van der Waals surface area contributed by atoms with Crippen LogP contribution in [0.3, 0.4) is 0 Å². The third-order valence-corrected chi connectivity index (χ3v) is 4.44. The number of hydrogen-bond acceptors (Lipinski definition) is 2. The molecule has 0 bridgehead atoms. The van der Waals surface area contributed by atoms with Crippen LogP contribution in [0.4, 0.5) is 0 Å². The zero-order valence-electron chi connectivity index (χ0n) is 13.8. The molecule has 0 spiro atoms. The lowest BCUT2D eigenvalue weighted by molar-refractivity contribution is 0.112. The standard InChI is InChI=1S/C22H17NO2/c1-25-21-10-6-5-9-17(21)22-19(14-24)18-13-16(11-12-20(18)23-22)15-7-3-2-4-8-15/h2-14,23H,1H3. The van der Waals surface area contributed by atoms with Gasteiger partial charge in [-0.1, -0.05) is 48.5 Å². The third-order valence-electron chi connectivity index (χ3n) is 4.44. The molecule has 1 N–H and O–H groups in total. The number of aldehydes is 1. The zero-order chi connectivity index (χ0) is 17.2. The van der Waals surface area contributed by atoms with Gasteiger partial charge in [0.05, 0.1) is 12.8 Å². The Kier molecular flexibility index (Phi) is 3.82. The van der Waals surface area contributed by atoms with E-state index in [1.165, 1.54) is 0 Å². The number of hydrogen-bond donors (Lipinski definition) is 1. The van der Waals surface area contributed by atoms with E-state index < -0.39 is 0 Å². The minimum absolute atomic E-state index is 0.650. The number of rotatable bonds is 4. The first-order valence-electron chi connectivity index (χ1n) is 8.11. The van der Waals surface area contributed by atoms with E-state index in [-0.39, 0.29) is 0 Å². The van der Waals surface area contributed by atoms with Gasteiger partial charge in [0.1, 0.15) is 5.75 Å². The first-order valence-corrected chi connectivity index (χ1v) is 8.11. The smallest absolute Gasteiger partial charge is 0.152 e. The number of carbonyl (C=O) groups excluding carboxylic acids is 1. The van der Waals surface area contributed by atoms with Crippen LogP contribution in [-0.2, 0) is 0 Å². The molecule has 0 fully saturated rings. The fraction of sp³-hybridized carbons (Fsp3) is 0.0455. The Morgan fingerprint density at radius 3 is 2.40 bits per heavy atom. The van der Waals surface area contributed by atoms with Gasteiger partial charge in [0.25, 0.3) is 0 Å². The second-order valence-corrected chi connectivity index (χ2v) is 5.86. The maximum Gasteiger partial charge on any atom is 0.152 e. The molecule has 0 saturated carbocycles. The van der Waals surface area contributed by atoms with Gasteiger partial charge in [0.15, 0.2) is 6.29 Å². The summed E-state index contributed by atoms with van der Waals surface area (Å²) in [5, 5.41) is 0.914. The van der Waals surface area contributed by atoms with Crippen molar-refractivity contribution in [1.29, 1.82) is 0 Å². The monoisotopic (exact) mass is 327 g/mol. The van der Waals surface area contributed by atoms with Crippen LogP contribution in [0, 0.1) is 0 Å². The van der Waals surface area contributed by atoms with E-state index in [1.54, 1.807) is 7.11 Å². The molecule has 0 amide bonds. The van der Waals surface area contributed by atoms with Crippen LogP contribution in [0.2, 0.25) is 0 Å². The number of H-pyrrole nitrogens is 1. The number of benzene rings is 3. The first kappa shape index (κ1) is 15.2. The Balaban J connectivity index is 1.94. The summed E-state index contributed by atoms with van der Waals surface area (Å²) in [6.45, 7) is 0. The van der Waals surface area contributed by atoms with Gasteiger partial charge in [-0.15, -0.1) is 0 Å². The molecule has 122 valence electrons. The predicted octanol–water partition coefficient (Wildman–Crippen LogP) is 5.32. The average Bonchev–Trinajstić information content (AvgIpc) is 3.06. The lowest BCUT2D eigenvalue weighted by Crippen LogP contribution is -1.90. The highest BCUT2D eigenvalue weighted by molar-refractivity contribution is 6.06. The Labute approximate surface area is 145 Å². The van der Waals surface area contributed by atoms with Crippen molar-refractivity contribution in [3.63, 3.8) is 0 Å². The first-order chi connectivity index (χ1) is 12.3. The molecule has 25 heavy (non-hydrogen) atoms. The van der Waals surface area contributed by atoms with E-state index in [4.69, 9.17) is 4.74 Å². The average molecular weight is 327 g/mol. The van der Waals surface area contributed by atoms with Crippen molar-refractivity contribution in [2.75, 3.05) is 7.11 Å².